The van der Waals surface area contributed by atoms with Crippen molar-refractivity contribution in [2.24, 2.45) is 39.9 Å². The van der Waals surface area contributed by atoms with Crippen LogP contribution in [0, 0.1) is 51.2 Å². The summed E-state index contributed by atoms with van der Waals surface area (Å²) in [6.07, 6.45) is 4.11. The lowest BCUT2D eigenvalue weighted by molar-refractivity contribution is -0.207. The van der Waals surface area contributed by atoms with E-state index < -0.39 is 22.5 Å². The summed E-state index contributed by atoms with van der Waals surface area (Å²) in [4.78, 5) is 25.7. The molecule has 1 saturated heterocycles. The number of ether oxygens (including phenoxy) is 1. The second-order valence-corrected chi connectivity index (χ2v) is 11.3. The summed E-state index contributed by atoms with van der Waals surface area (Å²) >= 11 is 0. The number of hydrogen-bond acceptors (Lipinski definition) is 6. The van der Waals surface area contributed by atoms with E-state index in [9.17, 15) is 25.1 Å². The molecule has 9 atom stereocenters. The van der Waals surface area contributed by atoms with Crippen molar-refractivity contribution in [3.63, 3.8) is 0 Å². The SMILES string of the molecule is C[C@@]12CCC(O)=C3C(=O)[C@@H](C[C@]31C#N)[C@@H]1[C@@H]2[C@H](O)C[C@]2(C)[C@@H]1CC[C@@]21CCC(=O)O1. The highest BCUT2D eigenvalue weighted by Crippen LogP contribution is 2.76. The summed E-state index contributed by atoms with van der Waals surface area (Å²) < 4.78 is 5.95. The maximum Gasteiger partial charge on any atom is 0.306 e. The first-order valence-corrected chi connectivity index (χ1v) is 11.4. The number of carbonyl (C=O) groups is 2. The number of fused-ring (bicyclic) bond motifs is 7. The standard InChI is InChI=1S/C24H29NO5/c1-21-6-4-14(26)19-20(29)12(9-23(19,21)11-25)17-13-3-7-24(8-5-16(28)30-24)22(13,2)10-15(27)18(17)21/h12-13,15,17-18,26-27H,3-10H2,1-2H3/t12-,13+,15+,17-,18-,21-,22+,23-,24+/m0/s1. The van der Waals surface area contributed by atoms with E-state index in [4.69, 9.17) is 4.74 Å². The number of carbonyl (C=O) groups excluding carboxylic acids is 2. The molecule has 30 heavy (non-hydrogen) atoms. The molecule has 1 spiro atoms. The number of esters is 1. The van der Waals surface area contributed by atoms with Crippen LogP contribution in [0.15, 0.2) is 11.3 Å². The van der Waals surface area contributed by atoms with Crippen LogP contribution in [0.5, 0.6) is 0 Å². The predicted molar refractivity (Wildman–Crippen MR) is 105 cm³/mol. The van der Waals surface area contributed by atoms with Gasteiger partial charge < -0.3 is 14.9 Å². The molecule has 0 aromatic carbocycles. The van der Waals surface area contributed by atoms with Crippen molar-refractivity contribution in [2.45, 2.75) is 76.9 Å². The second kappa shape index (κ2) is 5.30. The summed E-state index contributed by atoms with van der Waals surface area (Å²) in [6, 6.07) is 2.47. The lowest BCUT2D eigenvalue weighted by Crippen LogP contribution is -2.63. The molecule has 160 valence electrons. The molecule has 1 heterocycles. The molecule has 6 aliphatic rings. The molecular weight excluding hydrogens is 382 g/mol. The van der Waals surface area contributed by atoms with Gasteiger partial charge in [-0.05, 0) is 61.7 Å². The van der Waals surface area contributed by atoms with Crippen LogP contribution < -0.4 is 0 Å². The van der Waals surface area contributed by atoms with Crippen molar-refractivity contribution in [1.82, 2.24) is 0 Å². The van der Waals surface area contributed by atoms with Gasteiger partial charge in [0.2, 0.25) is 0 Å². The molecule has 2 bridgehead atoms. The van der Waals surface area contributed by atoms with Crippen molar-refractivity contribution >= 4 is 11.8 Å². The molecule has 0 aromatic rings. The third kappa shape index (κ3) is 1.71. The van der Waals surface area contributed by atoms with Crippen LogP contribution in [0.25, 0.3) is 0 Å². The number of nitrogens with zero attached hydrogens (tertiary/aromatic N) is 1. The maximum atomic E-state index is 13.6. The Morgan fingerprint density at radius 1 is 1.10 bits per heavy atom. The summed E-state index contributed by atoms with van der Waals surface area (Å²) in [7, 11) is 0. The Hall–Kier alpha value is -1.87. The number of aliphatic hydroxyl groups is 2. The summed E-state index contributed by atoms with van der Waals surface area (Å²) in [5.74, 6) is -0.518. The lowest BCUT2D eigenvalue weighted by Gasteiger charge is -2.63. The van der Waals surface area contributed by atoms with Gasteiger partial charge in [0.25, 0.3) is 0 Å². The van der Waals surface area contributed by atoms with Crippen molar-refractivity contribution in [1.29, 1.82) is 5.26 Å². The molecule has 4 saturated carbocycles. The van der Waals surface area contributed by atoms with E-state index >= 15 is 0 Å². The number of aliphatic hydroxyl groups excluding tert-OH is 2. The van der Waals surface area contributed by atoms with Gasteiger partial charge in [-0.15, -0.1) is 0 Å². The van der Waals surface area contributed by atoms with E-state index in [1.165, 1.54) is 0 Å². The average molecular weight is 411 g/mol. The molecule has 5 aliphatic carbocycles. The van der Waals surface area contributed by atoms with Crippen molar-refractivity contribution < 1.29 is 24.5 Å². The number of Topliss-reactive ketones (excluding diaryl/α,β-unsaturated/α-hetero) is 1. The molecule has 0 aromatic heterocycles. The third-order valence-corrected chi connectivity index (χ3v) is 10.8. The first-order chi connectivity index (χ1) is 14.1. The molecule has 6 nitrogen and oxygen atoms in total. The number of nitriles is 1. The fraction of sp³-hybridized carbons (Fsp3) is 0.792. The molecule has 2 N–H and O–H groups in total. The summed E-state index contributed by atoms with van der Waals surface area (Å²) in [5.41, 5.74) is -2.10. The Kier molecular flexibility index (Phi) is 3.33. The van der Waals surface area contributed by atoms with Crippen LogP contribution >= 0.6 is 0 Å². The van der Waals surface area contributed by atoms with Gasteiger partial charge in [-0.2, -0.15) is 5.26 Å². The van der Waals surface area contributed by atoms with Gasteiger partial charge in [0.1, 0.15) is 11.4 Å². The normalized spacial score (nSPS) is 56.0. The Labute approximate surface area is 176 Å². The molecule has 6 rings (SSSR count). The first-order valence-electron chi connectivity index (χ1n) is 11.4. The third-order valence-electron chi connectivity index (χ3n) is 10.8. The number of rotatable bonds is 0. The smallest absolute Gasteiger partial charge is 0.306 e. The lowest BCUT2D eigenvalue weighted by atomic mass is 9.40. The number of ketones is 1. The zero-order valence-electron chi connectivity index (χ0n) is 17.6. The molecule has 6 heteroatoms. The summed E-state index contributed by atoms with van der Waals surface area (Å²) in [5, 5.41) is 32.5. The molecule has 1 aliphatic heterocycles. The Morgan fingerprint density at radius 2 is 1.87 bits per heavy atom. The number of hydrogen-bond donors (Lipinski definition) is 2. The Morgan fingerprint density at radius 3 is 2.53 bits per heavy atom. The zero-order valence-corrected chi connectivity index (χ0v) is 17.6. The molecule has 0 amide bonds. The minimum absolute atomic E-state index is 0.0418. The van der Waals surface area contributed by atoms with Crippen LogP contribution in [0.2, 0.25) is 0 Å². The largest absolute Gasteiger partial charge is 0.512 e. The van der Waals surface area contributed by atoms with Gasteiger partial charge >= 0.3 is 5.97 Å². The molecule has 0 unspecified atom stereocenters. The van der Waals surface area contributed by atoms with Gasteiger partial charge in [0, 0.05) is 24.2 Å². The van der Waals surface area contributed by atoms with Crippen LogP contribution in [0.1, 0.15) is 65.2 Å². The number of allylic oxidation sites excluding steroid dienone is 2. The Bertz CT molecular complexity index is 965. The average Bonchev–Trinajstić information content (AvgIpc) is 3.31. The van der Waals surface area contributed by atoms with E-state index in [0.29, 0.717) is 44.1 Å². The van der Waals surface area contributed by atoms with Gasteiger partial charge in [-0.1, -0.05) is 13.8 Å². The van der Waals surface area contributed by atoms with Crippen LogP contribution in [0.3, 0.4) is 0 Å². The zero-order chi connectivity index (χ0) is 21.3. The Balaban J connectivity index is 1.53. The van der Waals surface area contributed by atoms with Gasteiger partial charge in [0.05, 0.1) is 23.2 Å². The second-order valence-electron chi connectivity index (χ2n) is 11.3. The minimum Gasteiger partial charge on any atom is -0.512 e. The van der Waals surface area contributed by atoms with Gasteiger partial charge in [-0.25, -0.2) is 0 Å². The van der Waals surface area contributed by atoms with E-state index in [1.807, 2.05) is 0 Å². The minimum atomic E-state index is -0.997. The molecule has 5 fully saturated rings. The van der Waals surface area contributed by atoms with Gasteiger partial charge in [-0.3, -0.25) is 9.59 Å². The van der Waals surface area contributed by atoms with Crippen molar-refractivity contribution in [3.8, 4) is 6.07 Å². The first kappa shape index (κ1) is 18.9. The van der Waals surface area contributed by atoms with Crippen LogP contribution in [-0.4, -0.2) is 33.7 Å². The predicted octanol–water partition coefficient (Wildman–Crippen LogP) is 3.20. The van der Waals surface area contributed by atoms with Crippen LogP contribution in [-0.2, 0) is 14.3 Å². The fourth-order valence-electron chi connectivity index (χ4n) is 9.47. The quantitative estimate of drug-likeness (QED) is 0.593. The van der Waals surface area contributed by atoms with E-state index in [1.54, 1.807) is 0 Å². The van der Waals surface area contributed by atoms with E-state index in [-0.39, 0.29) is 46.6 Å². The topological polar surface area (TPSA) is 108 Å². The van der Waals surface area contributed by atoms with Crippen LogP contribution in [0.4, 0.5) is 0 Å². The molecule has 0 radical (unpaired) electrons. The summed E-state index contributed by atoms with van der Waals surface area (Å²) in [6.45, 7) is 4.22. The highest BCUT2D eigenvalue weighted by atomic mass is 16.6. The highest BCUT2D eigenvalue weighted by Gasteiger charge is 2.77. The highest BCUT2D eigenvalue weighted by molar-refractivity contribution is 6.03. The molecular formula is C24H29NO5. The van der Waals surface area contributed by atoms with Crippen molar-refractivity contribution in [3.05, 3.63) is 11.3 Å². The van der Waals surface area contributed by atoms with Gasteiger partial charge in [0.15, 0.2) is 5.78 Å². The van der Waals surface area contributed by atoms with E-state index in [0.717, 1.165) is 12.8 Å². The van der Waals surface area contributed by atoms with Crippen molar-refractivity contribution in [2.75, 3.05) is 0 Å². The monoisotopic (exact) mass is 411 g/mol. The fourth-order valence-corrected chi connectivity index (χ4v) is 9.47. The van der Waals surface area contributed by atoms with E-state index in [2.05, 4.69) is 19.9 Å². The maximum absolute atomic E-state index is 13.6.